The van der Waals surface area contributed by atoms with Gasteiger partial charge in [0, 0.05) is 51.8 Å². The summed E-state index contributed by atoms with van der Waals surface area (Å²) in [6, 6.07) is 10.8. The number of methoxy groups -OCH3 is 1. The van der Waals surface area contributed by atoms with E-state index in [2.05, 4.69) is 22.5 Å². The van der Waals surface area contributed by atoms with Crippen molar-refractivity contribution in [2.24, 2.45) is 0 Å². The minimum Gasteiger partial charge on any atom is -0.392 e. The third-order valence-electron chi connectivity index (χ3n) is 4.46. The molecule has 0 saturated carbocycles. The molecular weight excluding hydrogens is 331 g/mol. The maximum absolute atomic E-state index is 13.4. The van der Waals surface area contributed by atoms with Crippen LogP contribution in [-0.4, -0.2) is 47.5 Å². The number of hydrogen-bond donors (Lipinski definition) is 1. The van der Waals surface area contributed by atoms with Gasteiger partial charge in [-0.1, -0.05) is 25.5 Å². The molecule has 1 aromatic carbocycles. The van der Waals surface area contributed by atoms with Crippen molar-refractivity contribution in [3.05, 3.63) is 59.7 Å². The fraction of sp³-hybridized carbons (Fsp3) is 0.524. The molecule has 5 heteroatoms. The highest BCUT2D eigenvalue weighted by molar-refractivity contribution is 5.18. The van der Waals surface area contributed by atoms with E-state index in [4.69, 9.17) is 4.74 Å². The Kier molecular flexibility index (Phi) is 8.81. The van der Waals surface area contributed by atoms with Gasteiger partial charge in [0.1, 0.15) is 5.82 Å². The van der Waals surface area contributed by atoms with E-state index in [-0.39, 0.29) is 11.9 Å². The largest absolute Gasteiger partial charge is 0.392 e. The predicted molar refractivity (Wildman–Crippen MR) is 103 cm³/mol. The number of aromatic nitrogens is 1. The molecule has 2 rings (SSSR count). The number of aliphatic hydroxyl groups is 1. The van der Waals surface area contributed by atoms with Crippen LogP contribution in [0.3, 0.4) is 0 Å². The Morgan fingerprint density at radius 1 is 1.27 bits per heavy atom. The lowest BCUT2D eigenvalue weighted by molar-refractivity contribution is 0.0918. The lowest BCUT2D eigenvalue weighted by atomic mass is 10.2. The molecular formula is C21H31FN2O2. The van der Waals surface area contributed by atoms with Gasteiger partial charge in [0.2, 0.25) is 0 Å². The molecule has 0 aliphatic rings. The van der Waals surface area contributed by atoms with Crippen LogP contribution in [0.25, 0.3) is 0 Å². The van der Waals surface area contributed by atoms with Gasteiger partial charge in [0.25, 0.3) is 0 Å². The molecule has 1 heterocycles. The zero-order chi connectivity index (χ0) is 18.8. The number of nitrogens with zero attached hydrogens (tertiary/aromatic N) is 2. The number of rotatable bonds is 12. The van der Waals surface area contributed by atoms with Crippen molar-refractivity contribution in [3.8, 4) is 0 Å². The van der Waals surface area contributed by atoms with Gasteiger partial charge >= 0.3 is 0 Å². The number of aliphatic hydroxyl groups excluding tert-OH is 1. The average Bonchev–Trinajstić information content (AvgIpc) is 3.02. The Bertz CT molecular complexity index is 644. The molecule has 0 unspecified atom stereocenters. The minimum absolute atomic E-state index is 0.208. The van der Waals surface area contributed by atoms with E-state index in [0.717, 1.165) is 43.6 Å². The van der Waals surface area contributed by atoms with Crippen LogP contribution in [-0.2, 0) is 17.8 Å². The maximum Gasteiger partial charge on any atom is 0.123 e. The highest BCUT2D eigenvalue weighted by Crippen LogP contribution is 2.13. The number of hydrogen-bond acceptors (Lipinski definition) is 3. The molecule has 144 valence electrons. The molecule has 1 aromatic heterocycles. The van der Waals surface area contributed by atoms with Crippen LogP contribution in [0.1, 0.15) is 37.4 Å². The van der Waals surface area contributed by atoms with Crippen LogP contribution >= 0.6 is 0 Å². The molecule has 0 radical (unpaired) electrons. The van der Waals surface area contributed by atoms with Gasteiger partial charge < -0.3 is 14.4 Å². The molecule has 1 atom stereocenters. The van der Waals surface area contributed by atoms with Crippen LogP contribution in [0.2, 0.25) is 0 Å². The lowest BCUT2D eigenvalue weighted by Crippen LogP contribution is -2.34. The Hall–Kier alpha value is -1.69. The van der Waals surface area contributed by atoms with Crippen LogP contribution in [0.5, 0.6) is 0 Å². The molecule has 26 heavy (non-hydrogen) atoms. The van der Waals surface area contributed by atoms with Crippen molar-refractivity contribution in [2.45, 2.75) is 45.4 Å². The second-order valence-electron chi connectivity index (χ2n) is 6.78. The predicted octanol–water partition coefficient (Wildman–Crippen LogP) is 3.68. The fourth-order valence-electron chi connectivity index (χ4n) is 3.20. The highest BCUT2D eigenvalue weighted by atomic mass is 19.1. The summed E-state index contributed by atoms with van der Waals surface area (Å²) >= 11 is 0. The molecule has 2 aromatic rings. The second-order valence-corrected chi connectivity index (χ2v) is 6.78. The van der Waals surface area contributed by atoms with Gasteiger partial charge in [-0.3, -0.25) is 4.90 Å². The summed E-state index contributed by atoms with van der Waals surface area (Å²) in [4.78, 5) is 2.27. The van der Waals surface area contributed by atoms with Gasteiger partial charge in [-0.05, 0) is 42.7 Å². The van der Waals surface area contributed by atoms with Gasteiger partial charge in [-0.15, -0.1) is 0 Å². The third-order valence-corrected chi connectivity index (χ3v) is 4.46. The van der Waals surface area contributed by atoms with E-state index < -0.39 is 0 Å². The molecule has 0 fully saturated rings. The smallest absolute Gasteiger partial charge is 0.123 e. The third kappa shape index (κ3) is 6.90. The van der Waals surface area contributed by atoms with Gasteiger partial charge in [-0.2, -0.15) is 0 Å². The Morgan fingerprint density at radius 3 is 2.85 bits per heavy atom. The topological polar surface area (TPSA) is 37.6 Å². The summed E-state index contributed by atoms with van der Waals surface area (Å²) in [6.45, 7) is 5.73. The fourth-order valence-corrected chi connectivity index (χ4v) is 3.20. The van der Waals surface area contributed by atoms with Gasteiger partial charge in [0.15, 0.2) is 0 Å². The van der Waals surface area contributed by atoms with Crippen molar-refractivity contribution < 1.29 is 14.2 Å². The number of ether oxygens (including phenoxy) is 1. The second kappa shape index (κ2) is 11.1. The molecule has 0 saturated heterocycles. The minimum atomic E-state index is -0.311. The van der Waals surface area contributed by atoms with Crippen molar-refractivity contribution in [1.29, 1.82) is 0 Å². The van der Waals surface area contributed by atoms with Crippen LogP contribution in [0.15, 0.2) is 42.6 Å². The molecule has 0 spiro atoms. The van der Waals surface area contributed by atoms with E-state index in [1.807, 2.05) is 18.3 Å². The first-order valence-electron chi connectivity index (χ1n) is 9.40. The summed E-state index contributed by atoms with van der Waals surface area (Å²) in [5.74, 6) is -0.208. The van der Waals surface area contributed by atoms with E-state index in [1.165, 1.54) is 6.07 Å². The Balaban J connectivity index is 2.03. The summed E-state index contributed by atoms with van der Waals surface area (Å²) in [5, 5.41) is 10.2. The van der Waals surface area contributed by atoms with Crippen LogP contribution in [0.4, 0.5) is 4.39 Å². The number of halogens is 1. The van der Waals surface area contributed by atoms with Crippen LogP contribution < -0.4 is 0 Å². The first kappa shape index (κ1) is 20.6. The zero-order valence-electron chi connectivity index (χ0n) is 15.9. The molecule has 0 amide bonds. The van der Waals surface area contributed by atoms with Crippen molar-refractivity contribution in [1.82, 2.24) is 9.47 Å². The summed E-state index contributed by atoms with van der Waals surface area (Å²) in [6.07, 6.45) is 4.43. The summed E-state index contributed by atoms with van der Waals surface area (Å²) in [7, 11) is 1.71. The lowest BCUT2D eigenvalue weighted by Gasteiger charge is -2.25. The van der Waals surface area contributed by atoms with E-state index in [0.29, 0.717) is 19.7 Å². The van der Waals surface area contributed by atoms with Crippen LogP contribution in [0, 0.1) is 5.82 Å². The molecule has 0 aliphatic heterocycles. The Labute approximate surface area is 156 Å². The van der Waals surface area contributed by atoms with Gasteiger partial charge in [-0.25, -0.2) is 4.39 Å². The number of benzene rings is 1. The quantitative estimate of drug-likeness (QED) is 0.586. The van der Waals surface area contributed by atoms with Gasteiger partial charge in [0.05, 0.1) is 6.10 Å². The van der Waals surface area contributed by atoms with Crippen molar-refractivity contribution in [2.75, 3.05) is 26.8 Å². The zero-order valence-corrected chi connectivity index (χ0v) is 15.9. The highest BCUT2D eigenvalue weighted by Gasteiger charge is 2.14. The molecule has 1 N–H and O–H groups in total. The standard InChI is InChI=1S/C21H31FN2O2/c1-3-7-21(25)17-23(11-6-13-26-2)16-20-10-5-12-24(20)15-18-8-4-9-19(22)14-18/h4-5,8-10,12,14,21,25H,3,6-7,11,13,15-17H2,1-2H3/t21-/m0/s1. The SMILES string of the molecule is CCC[C@H](O)CN(CCCOC)Cc1cccn1Cc1cccc(F)c1. The summed E-state index contributed by atoms with van der Waals surface area (Å²) in [5.41, 5.74) is 2.11. The molecule has 4 nitrogen and oxygen atoms in total. The summed E-state index contributed by atoms with van der Waals surface area (Å²) < 4.78 is 20.7. The van der Waals surface area contributed by atoms with Crippen molar-refractivity contribution >= 4 is 0 Å². The van der Waals surface area contributed by atoms with Crippen molar-refractivity contribution in [3.63, 3.8) is 0 Å². The maximum atomic E-state index is 13.4. The first-order chi connectivity index (χ1) is 12.6. The molecule has 0 bridgehead atoms. The van der Waals surface area contributed by atoms with E-state index >= 15 is 0 Å². The Morgan fingerprint density at radius 2 is 2.12 bits per heavy atom. The van der Waals surface area contributed by atoms with E-state index in [9.17, 15) is 9.50 Å². The van der Waals surface area contributed by atoms with E-state index in [1.54, 1.807) is 19.2 Å². The first-order valence-corrected chi connectivity index (χ1v) is 9.40. The molecule has 0 aliphatic carbocycles. The normalized spacial score (nSPS) is 12.7. The average molecular weight is 362 g/mol. The monoisotopic (exact) mass is 362 g/mol.